The lowest BCUT2D eigenvalue weighted by molar-refractivity contribution is -0.146. The highest BCUT2D eigenvalue weighted by molar-refractivity contribution is 5.79. The van der Waals surface area contributed by atoms with Crippen LogP contribution in [-0.4, -0.2) is 48.2 Å². The van der Waals surface area contributed by atoms with Crippen molar-refractivity contribution in [3.63, 3.8) is 0 Å². The minimum absolute atomic E-state index is 0.254. The predicted molar refractivity (Wildman–Crippen MR) is 87.6 cm³/mol. The van der Waals surface area contributed by atoms with Crippen LogP contribution in [0, 0.1) is 11.3 Å². The molecule has 124 valence electrons. The number of nitrogens with zero attached hydrogens (tertiary/aromatic N) is 1. The van der Waals surface area contributed by atoms with Gasteiger partial charge in [-0.15, -0.1) is 0 Å². The van der Waals surface area contributed by atoms with Crippen LogP contribution >= 0.6 is 0 Å². The van der Waals surface area contributed by atoms with Gasteiger partial charge in [0.05, 0.1) is 0 Å². The summed E-state index contributed by atoms with van der Waals surface area (Å²) in [6, 6.07) is 0. The molecule has 1 rings (SSSR count). The van der Waals surface area contributed by atoms with Crippen molar-refractivity contribution >= 4 is 5.97 Å². The van der Waals surface area contributed by atoms with Crippen molar-refractivity contribution in [2.45, 2.75) is 65.3 Å². The average molecular weight is 298 g/mol. The number of aliphatic carboxylic acids is 1. The Morgan fingerprint density at radius 2 is 2.10 bits per heavy atom. The van der Waals surface area contributed by atoms with Gasteiger partial charge in [0.2, 0.25) is 0 Å². The molecule has 0 aliphatic heterocycles. The van der Waals surface area contributed by atoms with Gasteiger partial charge >= 0.3 is 5.97 Å². The number of carbonyl (C=O) groups is 1. The number of nitrogens with one attached hydrogen (secondary N) is 1. The summed E-state index contributed by atoms with van der Waals surface area (Å²) in [5, 5.41) is 13.1. The minimum atomic E-state index is -0.682. The summed E-state index contributed by atoms with van der Waals surface area (Å²) in [6.45, 7) is 11.6. The van der Waals surface area contributed by atoms with Crippen molar-refractivity contribution in [2.24, 2.45) is 11.3 Å². The SMILES string of the molecule is CCCNC1(C(=O)O)CCCC1CCN(C)CC(C)(C)C. The van der Waals surface area contributed by atoms with Gasteiger partial charge in [-0.1, -0.05) is 34.1 Å². The first-order valence-electron chi connectivity index (χ1n) is 8.38. The fourth-order valence-corrected chi connectivity index (χ4v) is 3.67. The van der Waals surface area contributed by atoms with Crippen molar-refractivity contribution in [3.8, 4) is 0 Å². The van der Waals surface area contributed by atoms with Gasteiger partial charge in [-0.3, -0.25) is 4.79 Å². The van der Waals surface area contributed by atoms with Gasteiger partial charge in [-0.05, 0) is 57.2 Å². The number of carboxylic acid groups (broad SMARTS) is 1. The molecule has 0 aromatic rings. The molecule has 0 amide bonds. The number of rotatable bonds is 8. The maximum Gasteiger partial charge on any atom is 0.324 e. The number of hydrogen-bond donors (Lipinski definition) is 2. The molecule has 0 spiro atoms. The van der Waals surface area contributed by atoms with Crippen molar-refractivity contribution in [1.82, 2.24) is 10.2 Å². The second-order valence-corrected chi connectivity index (χ2v) is 7.88. The molecular weight excluding hydrogens is 264 g/mol. The van der Waals surface area contributed by atoms with E-state index in [0.717, 1.165) is 51.7 Å². The summed E-state index contributed by atoms with van der Waals surface area (Å²) in [7, 11) is 2.14. The second-order valence-electron chi connectivity index (χ2n) is 7.88. The molecule has 0 saturated heterocycles. The molecule has 4 heteroatoms. The molecule has 0 aromatic carbocycles. The normalized spacial score (nSPS) is 26.5. The topological polar surface area (TPSA) is 52.6 Å². The van der Waals surface area contributed by atoms with E-state index in [1.54, 1.807) is 0 Å². The Kier molecular flexibility index (Phi) is 6.67. The average Bonchev–Trinajstić information content (AvgIpc) is 2.76. The summed E-state index contributed by atoms with van der Waals surface area (Å²) < 4.78 is 0. The molecule has 1 aliphatic rings. The fourth-order valence-electron chi connectivity index (χ4n) is 3.67. The van der Waals surface area contributed by atoms with Crippen molar-refractivity contribution in [1.29, 1.82) is 0 Å². The molecule has 0 bridgehead atoms. The first-order chi connectivity index (χ1) is 9.71. The van der Waals surface area contributed by atoms with Crippen LogP contribution in [0.3, 0.4) is 0 Å². The molecule has 2 atom stereocenters. The van der Waals surface area contributed by atoms with Gasteiger partial charge in [0.25, 0.3) is 0 Å². The van der Waals surface area contributed by atoms with Gasteiger partial charge in [0.15, 0.2) is 0 Å². The summed E-state index contributed by atoms with van der Waals surface area (Å²) in [5.41, 5.74) is -0.395. The van der Waals surface area contributed by atoms with Gasteiger partial charge in [0, 0.05) is 6.54 Å². The van der Waals surface area contributed by atoms with E-state index in [2.05, 4.69) is 45.0 Å². The van der Waals surface area contributed by atoms with E-state index in [0.29, 0.717) is 0 Å². The van der Waals surface area contributed by atoms with Crippen molar-refractivity contribution in [3.05, 3.63) is 0 Å². The molecule has 1 saturated carbocycles. The first kappa shape index (κ1) is 18.4. The Balaban J connectivity index is 2.61. The van der Waals surface area contributed by atoms with Gasteiger partial charge < -0.3 is 15.3 Å². The van der Waals surface area contributed by atoms with Gasteiger partial charge in [-0.25, -0.2) is 0 Å². The Morgan fingerprint density at radius 1 is 1.43 bits per heavy atom. The highest BCUT2D eigenvalue weighted by Crippen LogP contribution is 2.38. The largest absolute Gasteiger partial charge is 0.480 e. The molecule has 1 fully saturated rings. The fraction of sp³-hybridized carbons (Fsp3) is 0.941. The molecule has 1 aliphatic carbocycles. The highest BCUT2D eigenvalue weighted by atomic mass is 16.4. The predicted octanol–water partition coefficient (Wildman–Crippen LogP) is 2.98. The molecule has 0 heterocycles. The Morgan fingerprint density at radius 3 is 2.62 bits per heavy atom. The van der Waals surface area contributed by atoms with Crippen LogP contribution in [0.4, 0.5) is 0 Å². The molecule has 2 N–H and O–H groups in total. The molecular formula is C17H34N2O2. The van der Waals surface area contributed by atoms with E-state index < -0.39 is 11.5 Å². The smallest absolute Gasteiger partial charge is 0.324 e. The maximum atomic E-state index is 11.8. The van der Waals surface area contributed by atoms with Crippen LogP contribution in [0.15, 0.2) is 0 Å². The third-order valence-corrected chi connectivity index (χ3v) is 4.50. The minimum Gasteiger partial charge on any atom is -0.480 e. The number of carboxylic acids is 1. The van der Waals surface area contributed by atoms with E-state index in [4.69, 9.17) is 0 Å². The van der Waals surface area contributed by atoms with E-state index in [1.165, 1.54) is 0 Å². The Labute approximate surface area is 130 Å². The van der Waals surface area contributed by atoms with Crippen molar-refractivity contribution in [2.75, 3.05) is 26.7 Å². The number of hydrogen-bond acceptors (Lipinski definition) is 3. The molecule has 21 heavy (non-hydrogen) atoms. The van der Waals surface area contributed by atoms with E-state index in [-0.39, 0.29) is 11.3 Å². The second kappa shape index (κ2) is 7.59. The zero-order valence-electron chi connectivity index (χ0n) is 14.5. The van der Waals surface area contributed by atoms with Crippen LogP contribution < -0.4 is 5.32 Å². The van der Waals surface area contributed by atoms with Crippen molar-refractivity contribution < 1.29 is 9.90 Å². The van der Waals surface area contributed by atoms with Crippen LogP contribution in [0.25, 0.3) is 0 Å². The first-order valence-corrected chi connectivity index (χ1v) is 8.38. The van der Waals surface area contributed by atoms with Gasteiger partial charge in [-0.2, -0.15) is 0 Å². The molecule has 0 radical (unpaired) electrons. The summed E-state index contributed by atoms with van der Waals surface area (Å²) in [6.07, 6.45) is 4.78. The lowest BCUT2D eigenvalue weighted by Gasteiger charge is -2.34. The monoisotopic (exact) mass is 298 g/mol. The lowest BCUT2D eigenvalue weighted by Crippen LogP contribution is -2.55. The molecule has 0 aromatic heterocycles. The van der Waals surface area contributed by atoms with E-state index >= 15 is 0 Å². The summed E-state index contributed by atoms with van der Waals surface area (Å²) in [4.78, 5) is 14.2. The van der Waals surface area contributed by atoms with Crippen LogP contribution in [0.1, 0.15) is 59.8 Å². The Hall–Kier alpha value is -0.610. The quantitative estimate of drug-likeness (QED) is 0.723. The highest BCUT2D eigenvalue weighted by Gasteiger charge is 2.48. The van der Waals surface area contributed by atoms with E-state index in [9.17, 15) is 9.90 Å². The molecule has 4 nitrogen and oxygen atoms in total. The van der Waals surface area contributed by atoms with Crippen LogP contribution in [0.2, 0.25) is 0 Å². The zero-order chi connectivity index (χ0) is 16.1. The zero-order valence-corrected chi connectivity index (χ0v) is 14.5. The summed E-state index contributed by atoms with van der Waals surface area (Å²) >= 11 is 0. The van der Waals surface area contributed by atoms with Crippen LogP contribution in [-0.2, 0) is 4.79 Å². The third kappa shape index (κ3) is 5.26. The third-order valence-electron chi connectivity index (χ3n) is 4.50. The lowest BCUT2D eigenvalue weighted by atomic mass is 9.84. The van der Waals surface area contributed by atoms with Gasteiger partial charge in [0.1, 0.15) is 5.54 Å². The Bertz CT molecular complexity index is 338. The van der Waals surface area contributed by atoms with E-state index in [1.807, 2.05) is 0 Å². The summed E-state index contributed by atoms with van der Waals surface area (Å²) in [5.74, 6) is -0.402. The standard InChI is InChI=1S/C17H34N2O2/c1-6-11-18-17(15(20)21)10-7-8-14(17)9-12-19(5)13-16(2,3)4/h14,18H,6-13H2,1-5H3,(H,20,21). The molecule has 2 unspecified atom stereocenters. The van der Waals surface area contributed by atoms with Crippen LogP contribution in [0.5, 0.6) is 0 Å². The maximum absolute atomic E-state index is 11.8.